The van der Waals surface area contributed by atoms with E-state index in [0.717, 1.165) is 47.8 Å². The number of ether oxygens (including phenoxy) is 8. The summed E-state index contributed by atoms with van der Waals surface area (Å²) in [6.45, 7) is 6.66. The number of Topliss-reactive ketones (excluding diaryl/α,β-unsaturated/α-hetero) is 2. The lowest BCUT2D eigenvalue weighted by Crippen LogP contribution is -2.61. The summed E-state index contributed by atoms with van der Waals surface area (Å²) in [6, 6.07) is 2.34. The number of hydrogen-bond acceptors (Lipinski definition) is 18. The van der Waals surface area contributed by atoms with Gasteiger partial charge in [0.1, 0.15) is 46.0 Å². The molecule has 0 radical (unpaired) electrons. The fraction of sp³-hybridized carbons (Fsp3) is 0.366. The van der Waals surface area contributed by atoms with E-state index in [1.807, 2.05) is 0 Å². The van der Waals surface area contributed by atoms with Crippen LogP contribution in [0.1, 0.15) is 86.5 Å². The van der Waals surface area contributed by atoms with Crippen LogP contribution >= 0.6 is 11.6 Å². The second-order valence-electron chi connectivity index (χ2n) is 15.1. The SMILES string of the molecule is COC(=O)[C@@]12Oc3c(c(OC(C)=O)c(Cl)c4c3[C@@H]3C(=O)C5=C(O)c6c(OC(C)=O)ccc(OC(C)=O)c6C(=O)[C@@]5(C4)[C@H]4O[C@]43C)C(OC(C)=O)=C1C(O)=CCC2OC(C)=O. The summed E-state index contributed by atoms with van der Waals surface area (Å²) in [6.07, 6.45) is -2.71. The van der Waals surface area contributed by atoms with Gasteiger partial charge in [0.2, 0.25) is 0 Å². The highest BCUT2D eigenvalue weighted by molar-refractivity contribution is 6.34. The molecule has 1 unspecified atom stereocenters. The van der Waals surface area contributed by atoms with Gasteiger partial charge in [0, 0.05) is 46.6 Å². The van der Waals surface area contributed by atoms with Gasteiger partial charge < -0.3 is 48.1 Å². The van der Waals surface area contributed by atoms with E-state index in [1.54, 1.807) is 0 Å². The molecule has 6 atom stereocenters. The zero-order valence-electron chi connectivity index (χ0n) is 32.7. The Bertz CT molecular complexity index is 2600. The van der Waals surface area contributed by atoms with Crippen molar-refractivity contribution in [2.75, 3.05) is 7.11 Å². The highest BCUT2D eigenvalue weighted by Crippen LogP contribution is 2.72. The number of methoxy groups -OCH3 is 1. The number of aliphatic hydroxyl groups excluding tert-OH is 2. The summed E-state index contributed by atoms with van der Waals surface area (Å²) in [4.78, 5) is 108. The molecule has 2 fully saturated rings. The molecule has 7 aliphatic rings. The molecule has 1 saturated heterocycles. The Hall–Kier alpha value is -6.53. The molecule has 2 heterocycles. The molecular weight excluding hydrogens is 816 g/mol. The van der Waals surface area contributed by atoms with Crippen LogP contribution in [0.5, 0.6) is 23.0 Å². The summed E-state index contributed by atoms with van der Waals surface area (Å²) in [5.74, 6) is -13.3. The minimum Gasteiger partial charge on any atom is -0.508 e. The molecular formula is C41H33ClO18. The van der Waals surface area contributed by atoms with Gasteiger partial charge in [-0.1, -0.05) is 11.6 Å². The van der Waals surface area contributed by atoms with E-state index in [-0.39, 0.29) is 29.0 Å². The molecule has 2 aromatic rings. The maximum absolute atomic E-state index is 15.4. The molecule has 2 aromatic carbocycles. The molecule has 2 N–H and O–H groups in total. The van der Waals surface area contributed by atoms with Gasteiger partial charge in [-0.2, -0.15) is 0 Å². The third-order valence-electron chi connectivity index (χ3n) is 11.4. The maximum atomic E-state index is 15.4. The van der Waals surface area contributed by atoms with Crippen molar-refractivity contribution in [3.63, 3.8) is 0 Å². The molecule has 1 spiro atoms. The van der Waals surface area contributed by atoms with Crippen molar-refractivity contribution in [2.45, 2.75) is 83.7 Å². The van der Waals surface area contributed by atoms with E-state index >= 15 is 9.59 Å². The standard InChI is InChI=1S/C41H33ClO18/c1-13(43)54-20-9-10-21(55-14(2)44)25-24(20)31(49)29-32(50)28-23-18(12-40(29,36(25)51)37-39(28,6)60-37)30(42)35(58-17(5)47)26-33(23)59-41(38(52)53-7)22(56-15(3)45)11-8-19(48)27(41)34(26)57-16(4)46/h8-10,22,28,37,48-49H,11-12H2,1-7H3/t22?,28-,37+,39+,40+,41+/m1/s1. The third-order valence-corrected chi connectivity index (χ3v) is 11.8. The molecule has 0 amide bonds. The fourth-order valence-corrected chi connectivity index (χ4v) is 9.76. The first-order chi connectivity index (χ1) is 28.2. The number of hydrogen-bond donors (Lipinski definition) is 2. The maximum Gasteiger partial charge on any atom is 0.359 e. The Balaban J connectivity index is 1.52. The molecule has 19 heteroatoms. The molecule has 5 aliphatic carbocycles. The number of carbonyl (C=O) groups is 8. The van der Waals surface area contributed by atoms with Crippen molar-refractivity contribution in [2.24, 2.45) is 5.41 Å². The van der Waals surface area contributed by atoms with E-state index in [2.05, 4.69) is 0 Å². The number of rotatable bonds is 6. The number of benzene rings is 2. The number of carbonyl (C=O) groups excluding carboxylic acids is 8. The smallest absolute Gasteiger partial charge is 0.359 e. The Morgan fingerprint density at radius 3 is 1.98 bits per heavy atom. The zero-order valence-corrected chi connectivity index (χ0v) is 33.4. The largest absolute Gasteiger partial charge is 0.508 e. The van der Waals surface area contributed by atoms with Gasteiger partial charge in [-0.3, -0.25) is 33.6 Å². The van der Waals surface area contributed by atoms with Crippen molar-refractivity contribution in [3.05, 3.63) is 68.0 Å². The van der Waals surface area contributed by atoms with Crippen molar-refractivity contribution in [1.82, 2.24) is 0 Å². The third kappa shape index (κ3) is 5.22. The molecule has 2 bridgehead atoms. The Morgan fingerprint density at radius 2 is 1.42 bits per heavy atom. The van der Waals surface area contributed by atoms with Crippen molar-refractivity contribution >= 4 is 70.5 Å². The van der Waals surface area contributed by atoms with Crippen molar-refractivity contribution < 1.29 is 86.5 Å². The number of epoxide rings is 1. The van der Waals surface area contributed by atoms with Crippen molar-refractivity contribution in [1.29, 1.82) is 0 Å². The van der Waals surface area contributed by atoms with Gasteiger partial charge in [-0.25, -0.2) is 4.79 Å². The minimum absolute atomic E-state index is 0.0999. The van der Waals surface area contributed by atoms with E-state index in [1.165, 1.54) is 19.1 Å². The summed E-state index contributed by atoms with van der Waals surface area (Å²) in [5.41, 5.74) is -9.22. The van der Waals surface area contributed by atoms with Crippen LogP contribution in [0.25, 0.3) is 11.5 Å². The first-order valence-corrected chi connectivity index (χ1v) is 18.6. The van der Waals surface area contributed by atoms with E-state index in [0.29, 0.717) is 0 Å². The van der Waals surface area contributed by atoms with Gasteiger partial charge in [0.15, 0.2) is 29.2 Å². The molecule has 9 rings (SSSR count). The van der Waals surface area contributed by atoms with E-state index < -0.39 is 150 Å². The monoisotopic (exact) mass is 848 g/mol. The van der Waals surface area contributed by atoms with Crippen LogP contribution in [0.3, 0.4) is 0 Å². The first kappa shape index (κ1) is 40.3. The van der Waals surface area contributed by atoms with Gasteiger partial charge in [-0.15, -0.1) is 0 Å². The first-order valence-electron chi connectivity index (χ1n) is 18.3. The van der Waals surface area contributed by atoms with E-state index in [9.17, 15) is 39.0 Å². The number of esters is 6. The topological polar surface area (TPSA) is 254 Å². The second kappa shape index (κ2) is 13.2. The van der Waals surface area contributed by atoms with Crippen LogP contribution in [0.2, 0.25) is 5.02 Å². The van der Waals surface area contributed by atoms with Crippen LogP contribution in [0.4, 0.5) is 0 Å². The average molecular weight is 849 g/mol. The predicted octanol–water partition coefficient (Wildman–Crippen LogP) is 4.00. The fourth-order valence-electron chi connectivity index (χ4n) is 9.46. The average Bonchev–Trinajstić information content (AvgIpc) is 3.89. The highest BCUT2D eigenvalue weighted by atomic mass is 35.5. The normalized spacial score (nSPS) is 27.5. The zero-order chi connectivity index (χ0) is 43.7. The molecule has 2 aliphatic heterocycles. The van der Waals surface area contributed by atoms with Crippen LogP contribution in [-0.2, 0) is 58.9 Å². The molecule has 0 aromatic heterocycles. The van der Waals surface area contributed by atoms with Gasteiger partial charge in [-0.05, 0) is 37.1 Å². The summed E-state index contributed by atoms with van der Waals surface area (Å²) in [5, 5.41) is 23.4. The Labute approximate surface area is 343 Å². The van der Waals surface area contributed by atoms with Crippen LogP contribution < -0.4 is 18.9 Å². The van der Waals surface area contributed by atoms with E-state index in [4.69, 9.17) is 49.5 Å². The second-order valence-corrected chi connectivity index (χ2v) is 15.4. The minimum atomic E-state index is -2.69. The summed E-state index contributed by atoms with van der Waals surface area (Å²) >= 11 is 7.22. The highest BCUT2D eigenvalue weighted by Gasteiger charge is 2.80. The quantitative estimate of drug-likeness (QED) is 0.180. The lowest BCUT2D eigenvalue weighted by molar-refractivity contribution is -0.176. The summed E-state index contributed by atoms with van der Waals surface area (Å²) in [7, 11) is 0.969. The number of ketones is 2. The van der Waals surface area contributed by atoms with Crippen LogP contribution in [-0.4, -0.2) is 88.1 Å². The lowest BCUT2D eigenvalue weighted by Gasteiger charge is -2.45. The van der Waals surface area contributed by atoms with Crippen LogP contribution in [0.15, 0.2) is 35.1 Å². The molecule has 60 heavy (non-hydrogen) atoms. The molecule has 18 nitrogen and oxygen atoms in total. The number of halogens is 1. The lowest BCUT2D eigenvalue weighted by atomic mass is 9.56. The van der Waals surface area contributed by atoms with Crippen molar-refractivity contribution in [3.8, 4) is 23.0 Å². The Morgan fingerprint density at radius 1 is 0.817 bits per heavy atom. The molecule has 1 saturated carbocycles. The summed E-state index contributed by atoms with van der Waals surface area (Å²) < 4.78 is 45.9. The molecule has 312 valence electrons. The predicted molar refractivity (Wildman–Crippen MR) is 198 cm³/mol. The number of fused-ring (bicyclic) bond motifs is 3. The van der Waals surface area contributed by atoms with Gasteiger partial charge >= 0.3 is 35.8 Å². The Kier molecular flexibility index (Phi) is 8.88. The number of aliphatic hydroxyl groups is 2. The van der Waals surface area contributed by atoms with Gasteiger partial charge in [0.05, 0.1) is 45.7 Å². The van der Waals surface area contributed by atoms with Crippen LogP contribution in [0, 0.1) is 5.41 Å². The van der Waals surface area contributed by atoms with Gasteiger partial charge in [0.25, 0.3) is 5.60 Å².